The second-order valence-electron chi connectivity index (χ2n) is 3.30. The van der Waals surface area contributed by atoms with E-state index in [0.717, 1.165) is 5.56 Å². The summed E-state index contributed by atoms with van der Waals surface area (Å²) in [5.41, 5.74) is 1.17. The number of rotatable bonds is 3. The van der Waals surface area contributed by atoms with E-state index in [-0.39, 0.29) is 0 Å². The second-order valence-corrected chi connectivity index (χ2v) is 3.30. The van der Waals surface area contributed by atoms with Crippen molar-refractivity contribution in [1.29, 1.82) is 0 Å². The minimum atomic E-state index is -0.463. The quantitative estimate of drug-likeness (QED) is 0.780. The first-order valence-electron chi connectivity index (χ1n) is 5.02. The lowest BCUT2D eigenvalue weighted by molar-refractivity contribution is 0.0601. The van der Waals surface area contributed by atoms with Gasteiger partial charge in [-0.1, -0.05) is 0 Å². The van der Waals surface area contributed by atoms with Gasteiger partial charge >= 0.3 is 5.97 Å². The maximum Gasteiger partial charge on any atom is 0.343 e. The van der Waals surface area contributed by atoms with Crippen LogP contribution in [0.2, 0.25) is 0 Å². The predicted molar refractivity (Wildman–Crippen MR) is 62.7 cm³/mol. The summed E-state index contributed by atoms with van der Waals surface area (Å²) in [7, 11) is 3.01. The zero-order valence-electron chi connectivity index (χ0n) is 9.52. The average molecular weight is 232 g/mol. The molecule has 2 aromatic rings. The summed E-state index contributed by atoms with van der Waals surface area (Å²) in [5, 5.41) is 2.85. The van der Waals surface area contributed by atoms with Gasteiger partial charge in [-0.25, -0.2) is 14.8 Å². The molecule has 0 atom stereocenters. The van der Waals surface area contributed by atoms with Crippen molar-refractivity contribution in [3.8, 4) is 11.4 Å². The number of esters is 1. The van der Waals surface area contributed by atoms with Crippen LogP contribution in [0.4, 0.5) is 5.82 Å². The number of hydrogen-bond acceptors (Lipinski definition) is 5. The van der Waals surface area contributed by atoms with E-state index in [4.69, 9.17) is 0 Å². The molecular weight excluding hydrogens is 220 g/mol. The number of H-pyrrole nitrogens is 1. The van der Waals surface area contributed by atoms with Gasteiger partial charge in [-0.3, -0.25) is 0 Å². The summed E-state index contributed by atoms with van der Waals surface area (Å²) in [6, 6.07) is 1.85. The molecule has 2 heterocycles. The summed E-state index contributed by atoms with van der Waals surface area (Å²) in [6.45, 7) is 0. The third-order valence-electron chi connectivity index (χ3n) is 2.29. The van der Waals surface area contributed by atoms with Gasteiger partial charge in [0.25, 0.3) is 0 Å². The Bertz CT molecular complexity index is 522. The summed E-state index contributed by atoms with van der Waals surface area (Å²) in [6.07, 6.45) is 5.02. The van der Waals surface area contributed by atoms with E-state index in [1.807, 2.05) is 6.07 Å². The summed E-state index contributed by atoms with van der Waals surface area (Å²) < 4.78 is 4.64. The van der Waals surface area contributed by atoms with E-state index in [2.05, 4.69) is 25.0 Å². The molecular formula is C11H12N4O2. The SMILES string of the molecule is CNc1nc(-c2cc[nH]c2)ncc1C(=O)OC. The highest BCUT2D eigenvalue weighted by Crippen LogP contribution is 2.18. The molecule has 0 spiro atoms. The van der Waals surface area contributed by atoms with Crippen molar-refractivity contribution in [2.75, 3.05) is 19.5 Å². The number of nitrogens with zero attached hydrogens (tertiary/aromatic N) is 2. The Labute approximate surface area is 98.1 Å². The lowest BCUT2D eigenvalue weighted by atomic mass is 10.2. The van der Waals surface area contributed by atoms with Crippen molar-refractivity contribution in [3.63, 3.8) is 0 Å². The Hall–Kier alpha value is -2.37. The number of carbonyl (C=O) groups excluding carboxylic acids is 1. The molecule has 0 aliphatic rings. The number of aromatic nitrogens is 3. The Morgan fingerprint density at radius 1 is 1.53 bits per heavy atom. The van der Waals surface area contributed by atoms with Crippen molar-refractivity contribution in [1.82, 2.24) is 15.0 Å². The van der Waals surface area contributed by atoms with Crippen LogP contribution in [0.3, 0.4) is 0 Å². The Morgan fingerprint density at radius 2 is 2.35 bits per heavy atom. The topological polar surface area (TPSA) is 79.9 Å². The molecule has 0 aromatic carbocycles. The van der Waals surface area contributed by atoms with E-state index in [9.17, 15) is 4.79 Å². The van der Waals surface area contributed by atoms with E-state index in [1.54, 1.807) is 19.4 Å². The van der Waals surface area contributed by atoms with Gasteiger partial charge in [-0.15, -0.1) is 0 Å². The molecule has 6 nitrogen and oxygen atoms in total. The van der Waals surface area contributed by atoms with Crippen LogP contribution in [0, 0.1) is 0 Å². The first kappa shape index (κ1) is 11.1. The molecule has 0 fully saturated rings. The van der Waals surface area contributed by atoms with Crippen molar-refractivity contribution in [2.45, 2.75) is 0 Å². The van der Waals surface area contributed by atoms with Crippen molar-refractivity contribution in [2.24, 2.45) is 0 Å². The first-order chi connectivity index (χ1) is 8.26. The molecule has 0 saturated heterocycles. The highest BCUT2D eigenvalue weighted by molar-refractivity contribution is 5.94. The molecule has 0 amide bonds. The zero-order valence-corrected chi connectivity index (χ0v) is 9.52. The molecule has 2 aromatic heterocycles. The standard InChI is InChI=1S/C11H12N4O2/c1-12-10-8(11(16)17-2)6-14-9(15-10)7-3-4-13-5-7/h3-6,13H,1-2H3,(H,12,14,15). The lowest BCUT2D eigenvalue weighted by Crippen LogP contribution is -2.09. The zero-order chi connectivity index (χ0) is 12.3. The predicted octanol–water partition coefficient (Wildman–Crippen LogP) is 1.30. The van der Waals surface area contributed by atoms with E-state index >= 15 is 0 Å². The molecule has 0 unspecified atom stereocenters. The van der Waals surface area contributed by atoms with Crippen molar-refractivity contribution in [3.05, 3.63) is 30.2 Å². The van der Waals surface area contributed by atoms with Crippen LogP contribution >= 0.6 is 0 Å². The molecule has 2 rings (SSSR count). The third kappa shape index (κ3) is 2.10. The molecule has 88 valence electrons. The van der Waals surface area contributed by atoms with Crippen LogP contribution in [-0.2, 0) is 4.74 Å². The second kappa shape index (κ2) is 4.65. The fourth-order valence-electron chi connectivity index (χ4n) is 1.43. The summed E-state index contributed by atoms with van der Waals surface area (Å²) in [4.78, 5) is 22.8. The van der Waals surface area contributed by atoms with Crippen LogP contribution in [0.1, 0.15) is 10.4 Å². The third-order valence-corrected chi connectivity index (χ3v) is 2.29. The first-order valence-corrected chi connectivity index (χ1v) is 5.02. The number of anilines is 1. The largest absolute Gasteiger partial charge is 0.465 e. The normalized spacial score (nSPS) is 10.0. The number of carbonyl (C=O) groups is 1. The lowest BCUT2D eigenvalue weighted by Gasteiger charge is -2.07. The maximum absolute atomic E-state index is 11.4. The molecule has 0 aliphatic carbocycles. The van der Waals surface area contributed by atoms with Gasteiger partial charge in [0, 0.05) is 31.2 Å². The van der Waals surface area contributed by atoms with Crippen LogP contribution < -0.4 is 5.32 Å². The smallest absolute Gasteiger partial charge is 0.343 e. The Balaban J connectivity index is 2.44. The summed E-state index contributed by atoms with van der Waals surface area (Å²) in [5.74, 6) is 0.529. The maximum atomic E-state index is 11.4. The van der Waals surface area contributed by atoms with Gasteiger partial charge in [0.2, 0.25) is 0 Å². The highest BCUT2D eigenvalue weighted by Gasteiger charge is 2.14. The Morgan fingerprint density at radius 3 is 2.94 bits per heavy atom. The summed E-state index contributed by atoms with van der Waals surface area (Å²) >= 11 is 0. The average Bonchev–Trinajstić information content (AvgIpc) is 2.91. The van der Waals surface area contributed by atoms with Gasteiger partial charge in [-0.05, 0) is 6.07 Å². The fourth-order valence-corrected chi connectivity index (χ4v) is 1.43. The minimum Gasteiger partial charge on any atom is -0.465 e. The van der Waals surface area contributed by atoms with Gasteiger partial charge in [0.05, 0.1) is 7.11 Å². The number of aromatic amines is 1. The molecule has 6 heteroatoms. The van der Waals surface area contributed by atoms with Gasteiger partial charge in [-0.2, -0.15) is 0 Å². The molecule has 0 radical (unpaired) electrons. The van der Waals surface area contributed by atoms with Crippen LogP contribution in [0.15, 0.2) is 24.7 Å². The van der Waals surface area contributed by atoms with E-state index in [1.165, 1.54) is 13.3 Å². The van der Waals surface area contributed by atoms with Crippen LogP contribution in [-0.4, -0.2) is 35.1 Å². The number of nitrogens with one attached hydrogen (secondary N) is 2. The molecule has 0 saturated carbocycles. The van der Waals surface area contributed by atoms with Gasteiger partial charge in [0.1, 0.15) is 11.4 Å². The fraction of sp³-hybridized carbons (Fsp3) is 0.182. The van der Waals surface area contributed by atoms with Crippen LogP contribution in [0.25, 0.3) is 11.4 Å². The number of methoxy groups -OCH3 is 1. The van der Waals surface area contributed by atoms with Gasteiger partial charge in [0.15, 0.2) is 5.82 Å². The van der Waals surface area contributed by atoms with Crippen molar-refractivity contribution >= 4 is 11.8 Å². The van der Waals surface area contributed by atoms with E-state index in [0.29, 0.717) is 17.2 Å². The van der Waals surface area contributed by atoms with Gasteiger partial charge < -0.3 is 15.0 Å². The molecule has 0 aliphatic heterocycles. The highest BCUT2D eigenvalue weighted by atomic mass is 16.5. The number of hydrogen-bond donors (Lipinski definition) is 2. The molecule has 2 N–H and O–H groups in total. The minimum absolute atomic E-state index is 0.314. The number of ether oxygens (including phenoxy) is 1. The Kier molecular flexibility index (Phi) is 3.04. The van der Waals surface area contributed by atoms with E-state index < -0.39 is 5.97 Å². The van der Waals surface area contributed by atoms with Crippen molar-refractivity contribution < 1.29 is 9.53 Å². The monoisotopic (exact) mass is 232 g/mol. The van der Waals surface area contributed by atoms with Crippen LogP contribution in [0.5, 0.6) is 0 Å². The molecule has 17 heavy (non-hydrogen) atoms. The molecule has 0 bridgehead atoms.